The van der Waals surface area contributed by atoms with Crippen molar-refractivity contribution in [2.75, 3.05) is 19.7 Å². The lowest BCUT2D eigenvalue weighted by Crippen LogP contribution is -2.46. The molecule has 5 nitrogen and oxygen atoms in total. The van der Waals surface area contributed by atoms with Crippen molar-refractivity contribution in [1.29, 1.82) is 0 Å². The molecule has 2 N–H and O–H groups in total. The molecule has 2 aliphatic rings. The van der Waals surface area contributed by atoms with Crippen LogP contribution in [-0.4, -0.2) is 37.4 Å². The topological polar surface area (TPSA) is 59.6 Å². The molecule has 2 aliphatic heterocycles. The summed E-state index contributed by atoms with van der Waals surface area (Å²) in [6.07, 6.45) is 2.69. The first-order chi connectivity index (χ1) is 10.3. The molecule has 2 atom stereocenters. The molecule has 0 bridgehead atoms. The number of carbonyl (C=O) groups is 1. The number of benzene rings is 1. The maximum Gasteiger partial charge on any atom is 0.407 e. The lowest BCUT2D eigenvalue weighted by Gasteiger charge is -2.32. The molecule has 2 fully saturated rings. The van der Waals surface area contributed by atoms with Gasteiger partial charge in [0.1, 0.15) is 6.61 Å². The van der Waals surface area contributed by atoms with Crippen LogP contribution in [0.1, 0.15) is 24.8 Å². The van der Waals surface area contributed by atoms with Gasteiger partial charge in [0.15, 0.2) is 0 Å². The van der Waals surface area contributed by atoms with Gasteiger partial charge >= 0.3 is 6.09 Å². The second-order valence-electron chi connectivity index (χ2n) is 5.88. The smallest absolute Gasteiger partial charge is 0.407 e. The molecule has 1 aromatic rings. The van der Waals surface area contributed by atoms with Crippen LogP contribution in [0.5, 0.6) is 0 Å². The zero-order chi connectivity index (χ0) is 14.5. The molecule has 0 aromatic heterocycles. The van der Waals surface area contributed by atoms with E-state index in [4.69, 9.17) is 9.47 Å². The molecule has 1 amide bonds. The molecule has 0 radical (unpaired) electrons. The van der Waals surface area contributed by atoms with Crippen LogP contribution in [0, 0.1) is 0 Å². The molecule has 1 spiro atoms. The molecule has 2 heterocycles. The molecule has 1 aromatic carbocycles. The summed E-state index contributed by atoms with van der Waals surface area (Å²) < 4.78 is 11.2. The van der Waals surface area contributed by atoms with Gasteiger partial charge in [-0.05, 0) is 24.9 Å². The molecule has 21 heavy (non-hydrogen) atoms. The Balaban J connectivity index is 1.43. The van der Waals surface area contributed by atoms with Crippen LogP contribution < -0.4 is 10.6 Å². The number of amides is 1. The highest BCUT2D eigenvalue weighted by molar-refractivity contribution is 5.67. The van der Waals surface area contributed by atoms with Crippen molar-refractivity contribution in [2.45, 2.75) is 37.5 Å². The van der Waals surface area contributed by atoms with Gasteiger partial charge in [0.2, 0.25) is 0 Å². The molecular weight excluding hydrogens is 268 g/mol. The number of alkyl carbamates (subject to hydrolysis) is 1. The van der Waals surface area contributed by atoms with Crippen molar-refractivity contribution in [1.82, 2.24) is 10.6 Å². The average molecular weight is 290 g/mol. The summed E-state index contributed by atoms with van der Waals surface area (Å²) in [6.45, 7) is 2.81. The van der Waals surface area contributed by atoms with Crippen molar-refractivity contribution in [3.63, 3.8) is 0 Å². The summed E-state index contributed by atoms with van der Waals surface area (Å²) in [4.78, 5) is 11.8. The normalized spacial score (nSPS) is 28.5. The highest BCUT2D eigenvalue weighted by atomic mass is 16.6. The van der Waals surface area contributed by atoms with E-state index in [1.54, 1.807) is 0 Å². The first-order valence-corrected chi connectivity index (χ1v) is 7.58. The molecule has 5 heteroatoms. The molecule has 0 saturated carbocycles. The highest BCUT2D eigenvalue weighted by Gasteiger charge is 2.41. The molecular formula is C16H22N2O3. The molecule has 2 saturated heterocycles. The van der Waals surface area contributed by atoms with Crippen molar-refractivity contribution < 1.29 is 14.3 Å². The van der Waals surface area contributed by atoms with E-state index < -0.39 is 0 Å². The maximum absolute atomic E-state index is 11.8. The van der Waals surface area contributed by atoms with Gasteiger partial charge < -0.3 is 20.1 Å². The lowest BCUT2D eigenvalue weighted by molar-refractivity contribution is -0.0141. The maximum atomic E-state index is 11.8. The third-order valence-electron chi connectivity index (χ3n) is 4.18. The van der Waals surface area contributed by atoms with Gasteiger partial charge in [-0.2, -0.15) is 0 Å². The third kappa shape index (κ3) is 3.74. The fourth-order valence-corrected chi connectivity index (χ4v) is 3.11. The molecule has 2 unspecified atom stereocenters. The predicted octanol–water partition coefficient (Wildman–Crippen LogP) is 1.82. The predicted molar refractivity (Wildman–Crippen MR) is 79.0 cm³/mol. The minimum absolute atomic E-state index is 0.0492. The zero-order valence-electron chi connectivity index (χ0n) is 12.1. The van der Waals surface area contributed by atoms with E-state index in [0.717, 1.165) is 37.9 Å². The minimum atomic E-state index is -0.367. The Morgan fingerprint density at radius 3 is 3.05 bits per heavy atom. The van der Waals surface area contributed by atoms with Crippen molar-refractivity contribution in [2.24, 2.45) is 0 Å². The van der Waals surface area contributed by atoms with E-state index in [9.17, 15) is 4.79 Å². The van der Waals surface area contributed by atoms with Crippen LogP contribution in [0.2, 0.25) is 0 Å². The van der Waals surface area contributed by atoms with Crippen molar-refractivity contribution in [3.8, 4) is 0 Å². The molecule has 3 rings (SSSR count). The number of ether oxygens (including phenoxy) is 2. The van der Waals surface area contributed by atoms with E-state index in [2.05, 4.69) is 10.6 Å². The van der Waals surface area contributed by atoms with E-state index in [-0.39, 0.29) is 17.7 Å². The summed E-state index contributed by atoms with van der Waals surface area (Å²) in [5.74, 6) is 0. The Morgan fingerprint density at radius 1 is 1.43 bits per heavy atom. The number of hydrogen-bond acceptors (Lipinski definition) is 4. The van der Waals surface area contributed by atoms with Crippen LogP contribution in [0.15, 0.2) is 30.3 Å². The summed E-state index contributed by atoms with van der Waals surface area (Å²) in [5, 5.41) is 6.28. The van der Waals surface area contributed by atoms with Crippen LogP contribution in [0.25, 0.3) is 0 Å². The fraction of sp³-hybridized carbons (Fsp3) is 0.562. The summed E-state index contributed by atoms with van der Waals surface area (Å²) >= 11 is 0. The first-order valence-electron chi connectivity index (χ1n) is 7.58. The van der Waals surface area contributed by atoms with Gasteiger partial charge in [0.05, 0.1) is 18.2 Å². The van der Waals surface area contributed by atoms with Gasteiger partial charge in [-0.3, -0.25) is 0 Å². The summed E-state index contributed by atoms with van der Waals surface area (Å²) in [7, 11) is 0. The van der Waals surface area contributed by atoms with Crippen molar-refractivity contribution in [3.05, 3.63) is 35.9 Å². The van der Waals surface area contributed by atoms with Gasteiger partial charge in [0, 0.05) is 13.0 Å². The van der Waals surface area contributed by atoms with E-state index in [0.29, 0.717) is 13.2 Å². The Bertz CT molecular complexity index is 472. The van der Waals surface area contributed by atoms with Gasteiger partial charge in [-0.15, -0.1) is 0 Å². The SMILES string of the molecule is O=C(NC1COC2(CCCNC2)C1)OCc1ccccc1. The minimum Gasteiger partial charge on any atom is -0.445 e. The number of hydrogen-bond donors (Lipinski definition) is 2. The van der Waals surface area contributed by atoms with Gasteiger partial charge in [0.25, 0.3) is 0 Å². The van der Waals surface area contributed by atoms with Crippen LogP contribution in [-0.2, 0) is 16.1 Å². The Hall–Kier alpha value is -1.59. The second kappa shape index (κ2) is 6.45. The first kappa shape index (κ1) is 14.4. The number of carbonyl (C=O) groups excluding carboxylic acids is 1. The van der Waals surface area contributed by atoms with Gasteiger partial charge in [-0.25, -0.2) is 4.79 Å². The zero-order valence-corrected chi connectivity index (χ0v) is 12.1. The highest BCUT2D eigenvalue weighted by Crippen LogP contribution is 2.31. The average Bonchev–Trinajstić information content (AvgIpc) is 2.89. The molecule has 114 valence electrons. The lowest BCUT2D eigenvalue weighted by atomic mass is 9.90. The quantitative estimate of drug-likeness (QED) is 0.891. The van der Waals surface area contributed by atoms with E-state index in [1.165, 1.54) is 0 Å². The second-order valence-corrected chi connectivity index (χ2v) is 5.88. The standard InChI is InChI=1S/C16H22N2O3/c19-15(20-10-13-5-2-1-3-6-13)18-14-9-16(21-11-14)7-4-8-17-12-16/h1-3,5-6,14,17H,4,7-12H2,(H,18,19). The Kier molecular flexibility index (Phi) is 4.41. The van der Waals surface area contributed by atoms with E-state index in [1.807, 2.05) is 30.3 Å². The number of rotatable bonds is 3. The number of nitrogens with one attached hydrogen (secondary N) is 2. The van der Waals surface area contributed by atoms with E-state index >= 15 is 0 Å². The monoisotopic (exact) mass is 290 g/mol. The van der Waals surface area contributed by atoms with Crippen LogP contribution >= 0.6 is 0 Å². The van der Waals surface area contributed by atoms with Crippen LogP contribution in [0.3, 0.4) is 0 Å². The fourth-order valence-electron chi connectivity index (χ4n) is 3.11. The Morgan fingerprint density at radius 2 is 2.29 bits per heavy atom. The number of piperidine rings is 1. The largest absolute Gasteiger partial charge is 0.445 e. The molecule has 0 aliphatic carbocycles. The summed E-state index contributed by atoms with van der Waals surface area (Å²) in [6, 6.07) is 9.73. The summed E-state index contributed by atoms with van der Waals surface area (Å²) in [5.41, 5.74) is 0.901. The van der Waals surface area contributed by atoms with Gasteiger partial charge in [-0.1, -0.05) is 30.3 Å². The van der Waals surface area contributed by atoms with Crippen LogP contribution in [0.4, 0.5) is 4.79 Å². The Labute approximate surface area is 125 Å². The van der Waals surface area contributed by atoms with Crippen molar-refractivity contribution >= 4 is 6.09 Å². The third-order valence-corrected chi connectivity index (χ3v) is 4.18.